The lowest BCUT2D eigenvalue weighted by atomic mass is 9.97. The van der Waals surface area contributed by atoms with Crippen LogP contribution < -0.4 is 0 Å². The highest BCUT2D eigenvalue weighted by Crippen LogP contribution is 2.40. The molecule has 0 unspecified atom stereocenters. The van der Waals surface area contributed by atoms with E-state index in [1.165, 1.54) is 36.9 Å². The van der Waals surface area contributed by atoms with Gasteiger partial charge in [0, 0.05) is 47.6 Å². The number of nitrogens with zero attached hydrogens (tertiary/aromatic N) is 3. The van der Waals surface area contributed by atoms with Crippen molar-refractivity contribution in [2.45, 2.75) is 0 Å². The molecule has 11 rings (SSSR count). The summed E-state index contributed by atoms with van der Waals surface area (Å²) in [6.07, 6.45) is 0. The summed E-state index contributed by atoms with van der Waals surface area (Å²) < 4.78 is 9.20. The van der Waals surface area contributed by atoms with Gasteiger partial charge in [0.25, 0.3) is 0 Å². The minimum absolute atomic E-state index is 0.599. The third kappa shape index (κ3) is 5.65. The van der Waals surface area contributed by atoms with Crippen LogP contribution in [0, 0.1) is 0 Å². The maximum atomic E-state index is 6.58. The molecule has 3 aromatic heterocycles. The van der Waals surface area contributed by atoms with E-state index in [2.05, 4.69) is 140 Å². The summed E-state index contributed by atoms with van der Waals surface area (Å²) in [5.41, 5.74) is 11.3. The number of aromatic nitrogens is 3. The minimum atomic E-state index is 0.599. The Bertz CT molecular complexity index is 3240. The van der Waals surface area contributed by atoms with Gasteiger partial charge < -0.3 is 4.42 Å². The van der Waals surface area contributed by atoms with Gasteiger partial charge in [0.15, 0.2) is 17.5 Å². The normalized spacial score (nSPS) is 11.6. The molecule has 11 aromatic rings. The van der Waals surface area contributed by atoms with E-state index in [0.717, 1.165) is 55.3 Å². The lowest BCUT2D eigenvalue weighted by Gasteiger charge is -2.10. The predicted octanol–water partition coefficient (Wildman–Crippen LogP) is 14.1. The van der Waals surface area contributed by atoms with Crippen molar-refractivity contribution in [1.29, 1.82) is 0 Å². The van der Waals surface area contributed by atoms with Gasteiger partial charge in [-0.1, -0.05) is 152 Å². The fourth-order valence-electron chi connectivity index (χ4n) is 7.76. The van der Waals surface area contributed by atoms with Gasteiger partial charge in [0.1, 0.15) is 11.2 Å². The standard InChI is InChI=1S/C51H31N3OS/c1-3-11-32(12-4-1)33-21-23-35(24-22-33)50-52-49(34-13-5-2-6-14-34)53-51(54-50)43-18-10-19-44-48(43)42-28-26-38(30-45(42)55-44)36-15-9-16-37(29-36)39-25-27-41-40-17-7-8-20-46(40)56-47(41)31-39/h1-31H. The quantitative estimate of drug-likeness (QED) is 0.171. The van der Waals surface area contributed by atoms with Crippen LogP contribution in [0.15, 0.2) is 192 Å². The molecule has 0 atom stereocenters. The van der Waals surface area contributed by atoms with Crippen LogP contribution in [0.1, 0.15) is 0 Å². The van der Waals surface area contributed by atoms with Crippen molar-refractivity contribution in [2.75, 3.05) is 0 Å². The second kappa shape index (κ2) is 13.3. The van der Waals surface area contributed by atoms with Crippen LogP contribution in [0.3, 0.4) is 0 Å². The van der Waals surface area contributed by atoms with Crippen molar-refractivity contribution in [3.8, 4) is 67.5 Å². The molecule has 56 heavy (non-hydrogen) atoms. The highest BCUT2D eigenvalue weighted by Gasteiger charge is 2.19. The fraction of sp³-hybridized carbons (Fsp3) is 0. The van der Waals surface area contributed by atoms with Gasteiger partial charge in [0.2, 0.25) is 0 Å². The summed E-state index contributed by atoms with van der Waals surface area (Å²) in [6, 6.07) is 65.7. The average molecular weight is 734 g/mol. The number of hydrogen-bond donors (Lipinski definition) is 0. The second-order valence-corrected chi connectivity index (χ2v) is 15.1. The van der Waals surface area contributed by atoms with Gasteiger partial charge in [-0.25, -0.2) is 15.0 Å². The third-order valence-electron chi connectivity index (χ3n) is 10.6. The number of rotatable bonds is 6. The van der Waals surface area contributed by atoms with Gasteiger partial charge >= 0.3 is 0 Å². The summed E-state index contributed by atoms with van der Waals surface area (Å²) >= 11 is 1.85. The molecule has 3 heterocycles. The van der Waals surface area contributed by atoms with Crippen molar-refractivity contribution in [3.05, 3.63) is 188 Å². The summed E-state index contributed by atoms with van der Waals surface area (Å²) in [6.45, 7) is 0. The van der Waals surface area contributed by atoms with E-state index in [-0.39, 0.29) is 0 Å². The topological polar surface area (TPSA) is 51.8 Å². The SMILES string of the molecule is c1ccc(-c2ccc(-c3nc(-c4ccccc4)nc(-c4cccc5oc6cc(-c7cccc(-c8ccc9c(c8)sc8ccccc89)c7)ccc6c45)n3)cc2)cc1. The van der Waals surface area contributed by atoms with E-state index in [0.29, 0.717) is 17.5 Å². The van der Waals surface area contributed by atoms with Crippen LogP contribution >= 0.6 is 11.3 Å². The summed E-state index contributed by atoms with van der Waals surface area (Å²) in [5, 5.41) is 4.62. The Morgan fingerprint density at radius 3 is 1.61 bits per heavy atom. The molecule has 0 spiro atoms. The molecule has 4 nitrogen and oxygen atoms in total. The first-order valence-corrected chi connectivity index (χ1v) is 19.5. The molecular weight excluding hydrogens is 703 g/mol. The molecule has 0 saturated heterocycles. The highest BCUT2D eigenvalue weighted by molar-refractivity contribution is 7.25. The van der Waals surface area contributed by atoms with Gasteiger partial charge in [-0.05, 0) is 69.8 Å². The van der Waals surface area contributed by atoms with Gasteiger partial charge in [-0.3, -0.25) is 0 Å². The molecule has 0 radical (unpaired) electrons. The van der Waals surface area contributed by atoms with Crippen molar-refractivity contribution >= 4 is 53.4 Å². The monoisotopic (exact) mass is 733 g/mol. The predicted molar refractivity (Wildman–Crippen MR) is 233 cm³/mol. The zero-order valence-corrected chi connectivity index (χ0v) is 30.9. The Hall–Kier alpha value is -7.21. The van der Waals surface area contributed by atoms with Crippen molar-refractivity contribution in [2.24, 2.45) is 0 Å². The summed E-state index contributed by atoms with van der Waals surface area (Å²) in [4.78, 5) is 15.2. The summed E-state index contributed by atoms with van der Waals surface area (Å²) in [7, 11) is 0. The van der Waals surface area contributed by atoms with Crippen molar-refractivity contribution < 1.29 is 4.42 Å². The lowest BCUT2D eigenvalue weighted by molar-refractivity contribution is 0.669. The van der Waals surface area contributed by atoms with E-state index < -0.39 is 0 Å². The molecule has 0 aliphatic carbocycles. The van der Waals surface area contributed by atoms with Crippen LogP contribution in [0.2, 0.25) is 0 Å². The first-order chi connectivity index (χ1) is 27.7. The first-order valence-electron chi connectivity index (χ1n) is 18.7. The van der Waals surface area contributed by atoms with Crippen LogP contribution in [0.4, 0.5) is 0 Å². The van der Waals surface area contributed by atoms with Crippen LogP contribution in [0.5, 0.6) is 0 Å². The number of hydrogen-bond acceptors (Lipinski definition) is 5. The van der Waals surface area contributed by atoms with E-state index in [1.807, 2.05) is 59.9 Å². The second-order valence-electron chi connectivity index (χ2n) is 14.0. The zero-order chi connectivity index (χ0) is 37.0. The Balaban J connectivity index is 0.991. The van der Waals surface area contributed by atoms with Crippen molar-refractivity contribution in [3.63, 3.8) is 0 Å². The Labute approximate surface area is 327 Å². The molecule has 0 bridgehead atoms. The number of thiophene rings is 1. The number of benzene rings is 8. The molecule has 262 valence electrons. The minimum Gasteiger partial charge on any atom is -0.456 e. The largest absolute Gasteiger partial charge is 0.456 e. The van der Waals surface area contributed by atoms with Crippen LogP contribution in [-0.2, 0) is 0 Å². The van der Waals surface area contributed by atoms with Crippen molar-refractivity contribution in [1.82, 2.24) is 15.0 Å². The van der Waals surface area contributed by atoms with E-state index >= 15 is 0 Å². The van der Waals surface area contributed by atoms with E-state index in [9.17, 15) is 0 Å². The average Bonchev–Trinajstić information content (AvgIpc) is 3.85. The van der Waals surface area contributed by atoms with E-state index in [1.54, 1.807) is 0 Å². The Morgan fingerprint density at radius 2 is 0.839 bits per heavy atom. The molecule has 0 aliphatic rings. The molecular formula is C51H31N3OS. The van der Waals surface area contributed by atoms with Gasteiger partial charge in [0.05, 0.1) is 0 Å². The fourth-order valence-corrected chi connectivity index (χ4v) is 8.90. The maximum absolute atomic E-state index is 6.58. The molecule has 0 N–H and O–H groups in total. The number of fused-ring (bicyclic) bond motifs is 6. The smallest absolute Gasteiger partial charge is 0.164 e. The van der Waals surface area contributed by atoms with Crippen LogP contribution in [0.25, 0.3) is 110 Å². The molecule has 0 fully saturated rings. The van der Waals surface area contributed by atoms with E-state index in [4.69, 9.17) is 19.4 Å². The number of furan rings is 1. The zero-order valence-electron chi connectivity index (χ0n) is 30.1. The molecule has 0 amide bonds. The molecule has 5 heteroatoms. The lowest BCUT2D eigenvalue weighted by Crippen LogP contribution is -2.00. The van der Waals surface area contributed by atoms with Gasteiger partial charge in [-0.2, -0.15) is 0 Å². The molecule has 0 saturated carbocycles. The summed E-state index contributed by atoms with van der Waals surface area (Å²) in [5.74, 6) is 1.84. The first kappa shape index (κ1) is 32.2. The van der Waals surface area contributed by atoms with Crippen LogP contribution in [-0.4, -0.2) is 15.0 Å². The molecule has 0 aliphatic heterocycles. The van der Waals surface area contributed by atoms with Gasteiger partial charge in [-0.15, -0.1) is 11.3 Å². The maximum Gasteiger partial charge on any atom is 0.164 e. The Kier molecular flexibility index (Phi) is 7.64. The highest BCUT2D eigenvalue weighted by atomic mass is 32.1. The molecule has 8 aromatic carbocycles. The third-order valence-corrected chi connectivity index (χ3v) is 11.7. The Morgan fingerprint density at radius 1 is 0.321 bits per heavy atom.